The molecule has 7 nitrogen and oxygen atoms in total. The van der Waals surface area contributed by atoms with Crippen LogP contribution in [0.5, 0.6) is 0 Å². The first-order valence-electron chi connectivity index (χ1n) is 7.95. The van der Waals surface area contributed by atoms with Crippen LogP contribution in [0.4, 0.5) is 0 Å². The van der Waals surface area contributed by atoms with E-state index in [9.17, 15) is 5.11 Å². The van der Waals surface area contributed by atoms with E-state index >= 15 is 0 Å². The van der Waals surface area contributed by atoms with Gasteiger partial charge in [-0.15, -0.1) is 24.0 Å². The van der Waals surface area contributed by atoms with Gasteiger partial charge in [0.1, 0.15) is 11.4 Å². The van der Waals surface area contributed by atoms with Crippen molar-refractivity contribution in [3.05, 3.63) is 24.2 Å². The van der Waals surface area contributed by atoms with E-state index in [1.165, 1.54) is 0 Å². The lowest BCUT2D eigenvalue weighted by Gasteiger charge is -2.20. The molecule has 8 heteroatoms. The quantitative estimate of drug-likeness (QED) is 0.281. The number of likely N-dealkylation sites (N-methyl/N-ethyl adjacent to an activating group) is 1. The first-order valence-corrected chi connectivity index (χ1v) is 7.95. The maximum atomic E-state index is 10.4. The van der Waals surface area contributed by atoms with Crippen molar-refractivity contribution in [2.24, 2.45) is 4.99 Å². The number of guanidine groups is 1. The average Bonchev–Trinajstić information content (AvgIpc) is 3.06. The van der Waals surface area contributed by atoms with E-state index in [1.807, 2.05) is 14.0 Å². The second-order valence-electron chi connectivity index (χ2n) is 5.67. The van der Waals surface area contributed by atoms with Crippen LogP contribution < -0.4 is 10.6 Å². The fourth-order valence-corrected chi connectivity index (χ4v) is 1.96. The van der Waals surface area contributed by atoms with Gasteiger partial charge in [-0.05, 0) is 33.0 Å². The van der Waals surface area contributed by atoms with E-state index < -0.39 is 5.60 Å². The Morgan fingerprint density at radius 3 is 2.75 bits per heavy atom. The Morgan fingerprint density at radius 1 is 1.42 bits per heavy atom. The van der Waals surface area contributed by atoms with Crippen LogP contribution in [0, 0.1) is 0 Å². The Labute approximate surface area is 161 Å². The third kappa shape index (κ3) is 8.86. The zero-order chi connectivity index (χ0) is 17.1. The van der Waals surface area contributed by atoms with Crippen molar-refractivity contribution in [3.8, 4) is 0 Å². The number of aliphatic imine (C=N–C) groups is 1. The number of ether oxygens (including phenoxy) is 1. The van der Waals surface area contributed by atoms with E-state index in [0.29, 0.717) is 11.7 Å². The molecule has 1 atom stereocenters. The largest absolute Gasteiger partial charge is 0.466 e. The van der Waals surface area contributed by atoms with Gasteiger partial charge < -0.3 is 29.8 Å². The van der Waals surface area contributed by atoms with Gasteiger partial charge in [-0.3, -0.25) is 0 Å². The van der Waals surface area contributed by atoms with Crippen LogP contribution in [0.3, 0.4) is 0 Å². The normalized spacial score (nSPS) is 14.2. The number of hydrogen-bond acceptors (Lipinski definition) is 5. The first kappa shape index (κ1) is 23.2. The Kier molecular flexibility index (Phi) is 12.1. The zero-order valence-electron chi connectivity index (χ0n) is 15.0. The topological polar surface area (TPSA) is 82.3 Å². The van der Waals surface area contributed by atoms with Crippen molar-refractivity contribution in [1.82, 2.24) is 15.5 Å². The second kappa shape index (κ2) is 12.5. The summed E-state index contributed by atoms with van der Waals surface area (Å²) in [5.74, 6) is 1.19. The highest BCUT2D eigenvalue weighted by Gasteiger charge is 2.25. The van der Waals surface area contributed by atoms with Gasteiger partial charge in [-0.2, -0.15) is 0 Å². The summed E-state index contributed by atoms with van der Waals surface area (Å²) in [5.41, 5.74) is -1.12. The van der Waals surface area contributed by atoms with Crippen LogP contribution in [0.15, 0.2) is 27.8 Å². The van der Waals surface area contributed by atoms with Crippen molar-refractivity contribution in [2.75, 3.05) is 53.5 Å². The molecule has 1 rings (SSSR count). The average molecular weight is 454 g/mol. The highest BCUT2D eigenvalue weighted by molar-refractivity contribution is 14.0. The van der Waals surface area contributed by atoms with Gasteiger partial charge in [-0.25, -0.2) is 4.99 Å². The molecule has 1 aromatic heterocycles. The van der Waals surface area contributed by atoms with Crippen molar-refractivity contribution in [3.63, 3.8) is 0 Å². The van der Waals surface area contributed by atoms with E-state index in [0.717, 1.165) is 32.8 Å². The Balaban J connectivity index is 0.00000529. The summed E-state index contributed by atoms with van der Waals surface area (Å²) in [6, 6.07) is 3.51. The summed E-state index contributed by atoms with van der Waals surface area (Å²) >= 11 is 0. The Hall–Kier alpha value is -0.840. The number of methoxy groups -OCH3 is 1. The first-order chi connectivity index (χ1) is 11.0. The van der Waals surface area contributed by atoms with E-state index in [4.69, 9.17) is 9.15 Å². The van der Waals surface area contributed by atoms with Crippen molar-refractivity contribution < 1.29 is 14.3 Å². The summed E-state index contributed by atoms with van der Waals surface area (Å²) in [7, 11) is 3.75. The SMILES string of the molecule is CCNC(=NCC(C)(O)c1ccco1)NCCN(C)CCOC.I. The summed E-state index contributed by atoms with van der Waals surface area (Å²) in [6.45, 7) is 7.92. The maximum Gasteiger partial charge on any atom is 0.191 e. The van der Waals surface area contributed by atoms with E-state index in [2.05, 4.69) is 20.5 Å². The smallest absolute Gasteiger partial charge is 0.191 e. The lowest BCUT2D eigenvalue weighted by molar-refractivity contribution is 0.0437. The van der Waals surface area contributed by atoms with Gasteiger partial charge in [0.25, 0.3) is 0 Å². The highest BCUT2D eigenvalue weighted by Crippen LogP contribution is 2.20. The van der Waals surface area contributed by atoms with Crippen LogP contribution in [-0.2, 0) is 10.3 Å². The molecule has 3 N–H and O–H groups in total. The summed E-state index contributed by atoms with van der Waals surface area (Å²) < 4.78 is 10.3. The highest BCUT2D eigenvalue weighted by atomic mass is 127. The summed E-state index contributed by atoms with van der Waals surface area (Å²) in [6.07, 6.45) is 1.55. The minimum absolute atomic E-state index is 0. The molecule has 0 saturated heterocycles. The van der Waals surface area contributed by atoms with Crippen LogP contribution in [0.25, 0.3) is 0 Å². The number of nitrogens with zero attached hydrogens (tertiary/aromatic N) is 2. The molecule has 0 spiro atoms. The molecule has 0 aliphatic rings. The predicted molar refractivity (Wildman–Crippen MR) is 107 cm³/mol. The van der Waals surface area contributed by atoms with Gasteiger partial charge in [0.15, 0.2) is 5.96 Å². The zero-order valence-corrected chi connectivity index (χ0v) is 17.4. The molecule has 1 unspecified atom stereocenters. The van der Waals surface area contributed by atoms with Crippen molar-refractivity contribution in [2.45, 2.75) is 19.4 Å². The molecule has 0 aliphatic carbocycles. The van der Waals surface area contributed by atoms with Crippen LogP contribution in [0.2, 0.25) is 0 Å². The van der Waals surface area contributed by atoms with Crippen LogP contribution in [0.1, 0.15) is 19.6 Å². The van der Waals surface area contributed by atoms with Crippen LogP contribution in [-0.4, -0.2) is 69.5 Å². The van der Waals surface area contributed by atoms with Crippen molar-refractivity contribution >= 4 is 29.9 Å². The third-order valence-corrected chi connectivity index (χ3v) is 3.40. The molecule has 24 heavy (non-hydrogen) atoms. The molecule has 0 radical (unpaired) electrons. The van der Waals surface area contributed by atoms with Gasteiger partial charge in [0, 0.05) is 33.3 Å². The maximum absolute atomic E-state index is 10.4. The molecule has 1 aromatic rings. The van der Waals surface area contributed by atoms with Gasteiger partial charge in [0.2, 0.25) is 0 Å². The van der Waals surface area contributed by atoms with Crippen LogP contribution >= 0.6 is 24.0 Å². The Morgan fingerprint density at radius 2 is 2.17 bits per heavy atom. The molecule has 0 aliphatic heterocycles. The second-order valence-corrected chi connectivity index (χ2v) is 5.67. The lowest BCUT2D eigenvalue weighted by Crippen LogP contribution is -2.42. The number of halogens is 1. The fourth-order valence-electron chi connectivity index (χ4n) is 1.96. The summed E-state index contributed by atoms with van der Waals surface area (Å²) in [4.78, 5) is 6.62. The number of nitrogens with one attached hydrogen (secondary N) is 2. The molecular weight excluding hydrogens is 423 g/mol. The fraction of sp³-hybridized carbons (Fsp3) is 0.688. The molecule has 0 saturated carbocycles. The van der Waals surface area contributed by atoms with E-state index in [-0.39, 0.29) is 30.5 Å². The third-order valence-electron chi connectivity index (χ3n) is 3.40. The number of aliphatic hydroxyl groups is 1. The predicted octanol–water partition coefficient (Wildman–Crippen LogP) is 1.24. The molecule has 0 aromatic carbocycles. The Bertz CT molecular complexity index is 452. The van der Waals surface area contributed by atoms with Gasteiger partial charge in [-0.1, -0.05) is 0 Å². The minimum Gasteiger partial charge on any atom is -0.466 e. The van der Waals surface area contributed by atoms with Gasteiger partial charge >= 0.3 is 0 Å². The number of rotatable bonds is 10. The monoisotopic (exact) mass is 454 g/mol. The summed E-state index contributed by atoms with van der Waals surface area (Å²) in [5, 5.41) is 16.9. The molecule has 0 bridgehead atoms. The lowest BCUT2D eigenvalue weighted by atomic mass is 10.0. The number of furan rings is 1. The standard InChI is InChI=1S/C16H30N4O3.HI/c1-5-17-15(18-8-9-20(3)10-12-22-4)19-13-16(2,21)14-7-6-11-23-14;/h6-7,11,21H,5,8-10,12-13H2,1-4H3,(H2,17,18,19);1H. The van der Waals surface area contributed by atoms with Gasteiger partial charge in [0.05, 0.1) is 19.4 Å². The van der Waals surface area contributed by atoms with E-state index in [1.54, 1.807) is 32.4 Å². The molecule has 0 fully saturated rings. The number of hydrogen-bond donors (Lipinski definition) is 3. The molecular formula is C16H31IN4O3. The minimum atomic E-state index is -1.12. The molecule has 0 amide bonds. The molecule has 1 heterocycles. The van der Waals surface area contributed by atoms with Crippen molar-refractivity contribution in [1.29, 1.82) is 0 Å². The molecule has 140 valence electrons.